The van der Waals surface area contributed by atoms with Gasteiger partial charge in [-0.25, -0.2) is 9.97 Å². The quantitative estimate of drug-likeness (QED) is 0.919. The minimum Gasteiger partial charge on any atom is -0.378 e. The highest BCUT2D eigenvalue weighted by atomic mass is 35.5. The number of morpholine rings is 1. The predicted octanol–water partition coefficient (Wildman–Crippen LogP) is 2.87. The molecule has 0 spiro atoms. The molecule has 1 aliphatic heterocycles. The van der Waals surface area contributed by atoms with Gasteiger partial charge in [-0.15, -0.1) is 0 Å². The number of hydrogen-bond acceptors (Lipinski definition) is 5. The van der Waals surface area contributed by atoms with Crippen LogP contribution in [-0.4, -0.2) is 42.2 Å². The van der Waals surface area contributed by atoms with Crippen LogP contribution in [0.1, 0.15) is 10.5 Å². The highest BCUT2D eigenvalue weighted by Gasteiger charge is 2.14. The van der Waals surface area contributed by atoms with E-state index in [1.165, 1.54) is 6.20 Å². The van der Waals surface area contributed by atoms with Crippen molar-refractivity contribution in [1.29, 1.82) is 0 Å². The average molecular weight is 353 g/mol. The van der Waals surface area contributed by atoms with Crippen LogP contribution in [0.4, 0.5) is 11.5 Å². The second-order valence-electron chi connectivity index (χ2n) is 4.94. The number of amides is 1. The number of ether oxygens (including phenoxy) is 1. The molecule has 3 rings (SSSR count). The third-order valence-corrected chi connectivity index (χ3v) is 4.12. The summed E-state index contributed by atoms with van der Waals surface area (Å²) >= 11 is 11.8. The van der Waals surface area contributed by atoms with Crippen molar-refractivity contribution in [3.05, 3.63) is 46.3 Å². The van der Waals surface area contributed by atoms with Crippen molar-refractivity contribution in [2.24, 2.45) is 0 Å². The zero-order valence-electron chi connectivity index (χ0n) is 12.1. The first-order valence-electron chi connectivity index (χ1n) is 7.04. The third-order valence-electron chi connectivity index (χ3n) is 3.38. The van der Waals surface area contributed by atoms with E-state index in [9.17, 15) is 4.79 Å². The summed E-state index contributed by atoms with van der Waals surface area (Å²) in [6, 6.07) is 4.87. The molecule has 1 aliphatic rings. The van der Waals surface area contributed by atoms with E-state index in [4.69, 9.17) is 27.9 Å². The second-order valence-corrected chi connectivity index (χ2v) is 5.76. The van der Waals surface area contributed by atoms with E-state index in [1.54, 1.807) is 24.4 Å². The molecule has 1 N–H and O–H groups in total. The second kappa shape index (κ2) is 7.12. The van der Waals surface area contributed by atoms with Gasteiger partial charge in [0.15, 0.2) is 0 Å². The van der Waals surface area contributed by atoms with Crippen LogP contribution in [0.25, 0.3) is 0 Å². The van der Waals surface area contributed by atoms with Crippen LogP contribution in [0.2, 0.25) is 10.0 Å². The third kappa shape index (κ3) is 3.90. The summed E-state index contributed by atoms with van der Waals surface area (Å²) in [7, 11) is 0. The van der Waals surface area contributed by atoms with Gasteiger partial charge in [0.25, 0.3) is 5.91 Å². The van der Waals surface area contributed by atoms with E-state index >= 15 is 0 Å². The number of rotatable bonds is 3. The molecule has 1 fully saturated rings. The lowest BCUT2D eigenvalue weighted by molar-refractivity contribution is 0.102. The van der Waals surface area contributed by atoms with Crippen molar-refractivity contribution in [3.8, 4) is 0 Å². The Balaban J connectivity index is 1.68. The van der Waals surface area contributed by atoms with E-state index in [-0.39, 0.29) is 11.6 Å². The molecular weight excluding hydrogens is 339 g/mol. The summed E-state index contributed by atoms with van der Waals surface area (Å²) < 4.78 is 5.29. The normalized spacial score (nSPS) is 14.6. The van der Waals surface area contributed by atoms with Crippen LogP contribution in [-0.2, 0) is 4.74 Å². The predicted molar refractivity (Wildman–Crippen MR) is 89.5 cm³/mol. The van der Waals surface area contributed by atoms with Crippen molar-refractivity contribution in [3.63, 3.8) is 0 Å². The molecule has 8 heteroatoms. The molecule has 23 heavy (non-hydrogen) atoms. The first kappa shape index (κ1) is 16.0. The van der Waals surface area contributed by atoms with Gasteiger partial charge in [-0.2, -0.15) is 0 Å². The first-order valence-corrected chi connectivity index (χ1v) is 7.80. The number of carbonyl (C=O) groups excluding carboxylic acids is 1. The van der Waals surface area contributed by atoms with Gasteiger partial charge in [0.2, 0.25) is 0 Å². The van der Waals surface area contributed by atoms with E-state index in [0.717, 1.165) is 18.9 Å². The number of nitrogens with zero attached hydrogens (tertiary/aromatic N) is 3. The van der Waals surface area contributed by atoms with Gasteiger partial charge in [-0.1, -0.05) is 23.2 Å². The molecule has 0 unspecified atom stereocenters. The van der Waals surface area contributed by atoms with Crippen LogP contribution in [0.5, 0.6) is 0 Å². The Kier molecular flexibility index (Phi) is 4.95. The number of nitrogens with one attached hydrogen (secondary N) is 1. The van der Waals surface area contributed by atoms with Gasteiger partial charge >= 0.3 is 0 Å². The molecule has 2 aromatic rings. The van der Waals surface area contributed by atoms with Gasteiger partial charge in [-0.05, 0) is 18.2 Å². The zero-order chi connectivity index (χ0) is 16.2. The van der Waals surface area contributed by atoms with E-state index in [0.29, 0.717) is 28.9 Å². The Labute approximate surface area is 143 Å². The van der Waals surface area contributed by atoms with Gasteiger partial charge in [0, 0.05) is 18.8 Å². The number of carbonyl (C=O) groups is 1. The summed E-state index contributed by atoms with van der Waals surface area (Å²) in [6.45, 7) is 2.87. The summed E-state index contributed by atoms with van der Waals surface area (Å²) in [4.78, 5) is 22.7. The molecule has 0 aliphatic carbocycles. The SMILES string of the molecule is O=C(Nc1ccc(Cl)c(Cl)c1)c1cnc(N2CCOCC2)cn1. The Morgan fingerprint density at radius 3 is 2.57 bits per heavy atom. The number of aromatic nitrogens is 2. The molecule has 120 valence electrons. The highest BCUT2D eigenvalue weighted by molar-refractivity contribution is 6.42. The van der Waals surface area contributed by atoms with Crippen LogP contribution in [0.15, 0.2) is 30.6 Å². The van der Waals surface area contributed by atoms with Crippen LogP contribution in [0.3, 0.4) is 0 Å². The van der Waals surface area contributed by atoms with Crippen LogP contribution in [0, 0.1) is 0 Å². The van der Waals surface area contributed by atoms with Crippen molar-refractivity contribution in [2.75, 3.05) is 36.5 Å². The van der Waals surface area contributed by atoms with Gasteiger partial charge in [0.05, 0.1) is 35.7 Å². The molecule has 0 bridgehead atoms. The highest BCUT2D eigenvalue weighted by Crippen LogP contribution is 2.25. The van der Waals surface area contributed by atoms with Crippen molar-refractivity contribution >= 4 is 40.6 Å². The fourth-order valence-electron chi connectivity index (χ4n) is 2.16. The zero-order valence-corrected chi connectivity index (χ0v) is 13.6. The fourth-order valence-corrected chi connectivity index (χ4v) is 2.46. The number of benzene rings is 1. The Morgan fingerprint density at radius 1 is 1.13 bits per heavy atom. The van der Waals surface area contributed by atoms with Crippen LogP contribution >= 0.6 is 23.2 Å². The smallest absolute Gasteiger partial charge is 0.275 e. The van der Waals surface area contributed by atoms with Gasteiger partial charge < -0.3 is 15.0 Å². The molecule has 0 saturated carbocycles. The molecule has 2 heterocycles. The lowest BCUT2D eigenvalue weighted by Crippen LogP contribution is -2.36. The molecule has 1 amide bonds. The molecule has 0 atom stereocenters. The first-order chi connectivity index (χ1) is 11.1. The molecule has 1 saturated heterocycles. The maximum absolute atomic E-state index is 12.2. The lowest BCUT2D eigenvalue weighted by atomic mass is 10.3. The topological polar surface area (TPSA) is 67.4 Å². The summed E-state index contributed by atoms with van der Waals surface area (Å²) in [5, 5.41) is 3.51. The lowest BCUT2D eigenvalue weighted by Gasteiger charge is -2.27. The van der Waals surface area contributed by atoms with Crippen LogP contribution < -0.4 is 10.2 Å². The average Bonchev–Trinajstić information content (AvgIpc) is 2.59. The van der Waals surface area contributed by atoms with Gasteiger partial charge in [0.1, 0.15) is 11.5 Å². The Bertz CT molecular complexity index is 703. The minimum atomic E-state index is -0.357. The largest absolute Gasteiger partial charge is 0.378 e. The van der Waals surface area contributed by atoms with Gasteiger partial charge in [-0.3, -0.25) is 4.79 Å². The number of halogens is 2. The van der Waals surface area contributed by atoms with E-state index in [2.05, 4.69) is 20.2 Å². The minimum absolute atomic E-state index is 0.230. The molecule has 1 aromatic carbocycles. The van der Waals surface area contributed by atoms with Crippen molar-refractivity contribution in [2.45, 2.75) is 0 Å². The maximum Gasteiger partial charge on any atom is 0.275 e. The molecular formula is C15H14Cl2N4O2. The van der Waals surface area contributed by atoms with Crippen molar-refractivity contribution in [1.82, 2.24) is 9.97 Å². The standard InChI is InChI=1S/C15H14Cl2N4O2/c16-11-2-1-10(7-12(11)17)20-15(22)13-8-19-14(9-18-13)21-3-5-23-6-4-21/h1-2,7-9H,3-6H2,(H,20,22). The fraction of sp³-hybridized carbons (Fsp3) is 0.267. The monoisotopic (exact) mass is 352 g/mol. The van der Waals surface area contributed by atoms with E-state index < -0.39 is 0 Å². The maximum atomic E-state index is 12.2. The number of anilines is 2. The Morgan fingerprint density at radius 2 is 1.91 bits per heavy atom. The molecule has 1 aromatic heterocycles. The summed E-state index contributed by atoms with van der Waals surface area (Å²) in [6.07, 6.45) is 3.05. The molecule has 6 nitrogen and oxygen atoms in total. The summed E-state index contributed by atoms with van der Waals surface area (Å²) in [5.41, 5.74) is 0.775. The van der Waals surface area contributed by atoms with E-state index in [1.807, 2.05) is 0 Å². The van der Waals surface area contributed by atoms with Crippen molar-refractivity contribution < 1.29 is 9.53 Å². The Hall–Kier alpha value is -1.89. The summed E-state index contributed by atoms with van der Waals surface area (Å²) in [5.74, 6) is 0.379. The number of hydrogen-bond donors (Lipinski definition) is 1. The molecule has 0 radical (unpaired) electrons.